The molecule has 2 N–H and O–H groups in total. The first-order valence-electron chi connectivity index (χ1n) is 11.0. The number of rotatable bonds is 6. The lowest BCUT2D eigenvalue weighted by Crippen LogP contribution is -2.50. The highest BCUT2D eigenvalue weighted by Crippen LogP contribution is 2.35. The Bertz CT molecular complexity index is 726. The van der Waals surface area contributed by atoms with E-state index in [2.05, 4.69) is 27.8 Å². The summed E-state index contributed by atoms with van der Waals surface area (Å²) in [5, 5.41) is 7.06. The smallest absolute Gasteiger partial charge is 0.225 e. The Morgan fingerprint density at radius 3 is 2.60 bits per heavy atom. The van der Waals surface area contributed by atoms with Crippen LogP contribution in [0.25, 0.3) is 0 Å². The molecule has 2 aliphatic rings. The number of carbonyl (C=O) groups excluding carboxylic acids is 1. The fourth-order valence-corrected chi connectivity index (χ4v) is 4.36. The molecule has 0 bridgehead atoms. The Labute approximate surface area is 180 Å². The molecule has 2 heterocycles. The van der Waals surface area contributed by atoms with Gasteiger partial charge in [-0.25, -0.2) is 0 Å². The van der Waals surface area contributed by atoms with E-state index < -0.39 is 0 Å². The summed E-state index contributed by atoms with van der Waals surface area (Å²) in [5.74, 6) is 1.92. The molecule has 1 amide bonds. The number of nitrogens with one attached hydrogen (secondary N) is 2. The van der Waals surface area contributed by atoms with Crippen LogP contribution in [0.3, 0.4) is 0 Å². The molecule has 3 rings (SSSR count). The van der Waals surface area contributed by atoms with Gasteiger partial charge in [-0.1, -0.05) is 26.0 Å². The van der Waals surface area contributed by atoms with Gasteiger partial charge < -0.3 is 25.0 Å². The largest absolute Gasteiger partial charge is 0.497 e. The van der Waals surface area contributed by atoms with E-state index in [0.717, 1.165) is 63.8 Å². The summed E-state index contributed by atoms with van der Waals surface area (Å²) >= 11 is 0. The van der Waals surface area contributed by atoms with Crippen molar-refractivity contribution < 1.29 is 14.3 Å². The van der Waals surface area contributed by atoms with Gasteiger partial charge in [0.2, 0.25) is 5.91 Å². The molecule has 1 aromatic carbocycles. The molecule has 2 saturated heterocycles. The number of nitrogens with zero attached hydrogens (tertiary/aromatic N) is 2. The molecule has 0 saturated carbocycles. The maximum atomic E-state index is 12.3. The van der Waals surface area contributed by atoms with Crippen LogP contribution in [-0.2, 0) is 14.9 Å². The van der Waals surface area contributed by atoms with Crippen molar-refractivity contribution in [2.75, 3.05) is 47.0 Å². The molecule has 1 aromatic rings. The van der Waals surface area contributed by atoms with Gasteiger partial charge in [-0.05, 0) is 37.0 Å². The number of amides is 1. The second-order valence-corrected chi connectivity index (χ2v) is 8.62. The van der Waals surface area contributed by atoms with Gasteiger partial charge in [-0.15, -0.1) is 0 Å². The number of carbonyl (C=O) groups is 1. The van der Waals surface area contributed by atoms with E-state index in [0.29, 0.717) is 0 Å². The summed E-state index contributed by atoms with van der Waals surface area (Å²) in [7, 11) is 3.49. The summed E-state index contributed by atoms with van der Waals surface area (Å²) in [6.07, 6.45) is 2.86. The molecule has 1 atom stereocenters. The number of likely N-dealkylation sites (tertiary alicyclic amines) is 1. The van der Waals surface area contributed by atoms with Crippen molar-refractivity contribution in [2.24, 2.45) is 10.9 Å². The van der Waals surface area contributed by atoms with E-state index in [-0.39, 0.29) is 23.3 Å². The minimum absolute atomic E-state index is 0.00252. The van der Waals surface area contributed by atoms with Crippen LogP contribution in [0.5, 0.6) is 5.75 Å². The fraction of sp³-hybridized carbons (Fsp3) is 0.652. The maximum absolute atomic E-state index is 12.3. The zero-order chi connectivity index (χ0) is 21.6. The number of hydrogen-bond donors (Lipinski definition) is 2. The van der Waals surface area contributed by atoms with Gasteiger partial charge in [0, 0.05) is 57.3 Å². The van der Waals surface area contributed by atoms with Crippen molar-refractivity contribution in [3.8, 4) is 5.75 Å². The lowest BCUT2D eigenvalue weighted by molar-refractivity contribution is -0.133. The average molecular weight is 417 g/mol. The highest BCUT2D eigenvalue weighted by Gasteiger charge is 2.35. The lowest BCUT2D eigenvalue weighted by Gasteiger charge is -2.38. The first kappa shape index (κ1) is 22.4. The summed E-state index contributed by atoms with van der Waals surface area (Å²) in [5.41, 5.74) is 1.29. The second kappa shape index (κ2) is 10.2. The van der Waals surface area contributed by atoms with Crippen LogP contribution in [-0.4, -0.2) is 69.8 Å². The highest BCUT2D eigenvalue weighted by molar-refractivity contribution is 5.81. The van der Waals surface area contributed by atoms with Crippen LogP contribution >= 0.6 is 0 Å². The zero-order valence-electron chi connectivity index (χ0n) is 18.7. The van der Waals surface area contributed by atoms with Gasteiger partial charge in [-0.2, -0.15) is 0 Å². The molecule has 0 aliphatic carbocycles. The standard InChI is InChI=1S/C23H36N4O3/c1-17(2)21(28)27-12-9-19(15-27)26-22(24-3)25-16-23(10-13-30-14-11-23)18-5-7-20(29-4)8-6-18/h5-8,17,19H,9-16H2,1-4H3,(H2,24,25,26). The number of methoxy groups -OCH3 is 1. The van der Waals surface area contributed by atoms with Crippen molar-refractivity contribution in [1.82, 2.24) is 15.5 Å². The van der Waals surface area contributed by atoms with E-state index in [1.165, 1.54) is 5.56 Å². The summed E-state index contributed by atoms with van der Waals surface area (Å²) in [4.78, 5) is 18.6. The van der Waals surface area contributed by atoms with Crippen molar-refractivity contribution in [3.05, 3.63) is 29.8 Å². The van der Waals surface area contributed by atoms with Crippen LogP contribution in [0.15, 0.2) is 29.3 Å². The van der Waals surface area contributed by atoms with Crippen LogP contribution in [0.4, 0.5) is 0 Å². The highest BCUT2D eigenvalue weighted by atomic mass is 16.5. The molecule has 0 spiro atoms. The number of aliphatic imine (C=N–C) groups is 1. The Kier molecular flexibility index (Phi) is 7.58. The predicted molar refractivity (Wildman–Crippen MR) is 119 cm³/mol. The topological polar surface area (TPSA) is 75.2 Å². The van der Waals surface area contributed by atoms with Crippen LogP contribution in [0.1, 0.15) is 38.7 Å². The number of guanidine groups is 1. The quantitative estimate of drug-likeness (QED) is 0.549. The van der Waals surface area contributed by atoms with Crippen molar-refractivity contribution in [1.29, 1.82) is 0 Å². The second-order valence-electron chi connectivity index (χ2n) is 8.62. The first-order valence-corrected chi connectivity index (χ1v) is 11.0. The Balaban J connectivity index is 1.62. The van der Waals surface area contributed by atoms with E-state index in [4.69, 9.17) is 9.47 Å². The lowest BCUT2D eigenvalue weighted by atomic mass is 9.74. The van der Waals surface area contributed by atoms with Crippen molar-refractivity contribution >= 4 is 11.9 Å². The molecule has 166 valence electrons. The van der Waals surface area contributed by atoms with Gasteiger partial charge in [0.15, 0.2) is 5.96 Å². The Hall–Kier alpha value is -2.28. The Morgan fingerprint density at radius 1 is 1.30 bits per heavy atom. The van der Waals surface area contributed by atoms with E-state index >= 15 is 0 Å². The fourth-order valence-electron chi connectivity index (χ4n) is 4.36. The normalized spacial score (nSPS) is 21.6. The maximum Gasteiger partial charge on any atom is 0.225 e. The molecule has 0 aromatic heterocycles. The molecule has 30 heavy (non-hydrogen) atoms. The molecular weight excluding hydrogens is 380 g/mol. The zero-order valence-corrected chi connectivity index (χ0v) is 18.7. The number of benzene rings is 1. The van der Waals surface area contributed by atoms with Gasteiger partial charge in [0.05, 0.1) is 7.11 Å². The SMILES string of the molecule is CN=C(NCC1(c2ccc(OC)cc2)CCOCC1)NC1CCN(C(=O)C(C)C)C1. The van der Waals surface area contributed by atoms with Gasteiger partial charge in [-0.3, -0.25) is 9.79 Å². The molecule has 7 heteroatoms. The van der Waals surface area contributed by atoms with Gasteiger partial charge >= 0.3 is 0 Å². The van der Waals surface area contributed by atoms with E-state index in [1.807, 2.05) is 30.9 Å². The molecule has 2 fully saturated rings. The summed E-state index contributed by atoms with van der Waals surface area (Å²) < 4.78 is 11.0. The predicted octanol–water partition coefficient (Wildman–Crippen LogP) is 2.17. The third kappa shape index (κ3) is 5.25. The minimum Gasteiger partial charge on any atom is -0.497 e. The summed E-state index contributed by atoms with van der Waals surface area (Å²) in [6.45, 7) is 7.74. The Morgan fingerprint density at radius 2 is 2.00 bits per heavy atom. The molecule has 7 nitrogen and oxygen atoms in total. The molecular formula is C23H36N4O3. The van der Waals surface area contributed by atoms with Crippen LogP contribution in [0, 0.1) is 5.92 Å². The van der Waals surface area contributed by atoms with E-state index in [9.17, 15) is 4.79 Å². The van der Waals surface area contributed by atoms with Gasteiger partial charge in [0.25, 0.3) is 0 Å². The summed E-state index contributed by atoms with van der Waals surface area (Å²) in [6, 6.07) is 8.60. The molecule has 0 radical (unpaired) electrons. The average Bonchev–Trinajstić information content (AvgIpc) is 3.25. The van der Waals surface area contributed by atoms with Crippen molar-refractivity contribution in [3.63, 3.8) is 0 Å². The third-order valence-electron chi connectivity index (χ3n) is 6.30. The van der Waals surface area contributed by atoms with Crippen LogP contribution < -0.4 is 15.4 Å². The minimum atomic E-state index is -0.00252. The van der Waals surface area contributed by atoms with Crippen molar-refractivity contribution in [2.45, 2.75) is 44.6 Å². The monoisotopic (exact) mass is 416 g/mol. The van der Waals surface area contributed by atoms with Crippen LogP contribution in [0.2, 0.25) is 0 Å². The van der Waals surface area contributed by atoms with E-state index in [1.54, 1.807) is 14.2 Å². The molecule has 1 unspecified atom stereocenters. The first-order chi connectivity index (χ1) is 14.5. The number of hydrogen-bond acceptors (Lipinski definition) is 4. The number of ether oxygens (including phenoxy) is 2. The van der Waals surface area contributed by atoms with Gasteiger partial charge in [0.1, 0.15) is 5.75 Å². The third-order valence-corrected chi connectivity index (χ3v) is 6.30. The molecule has 2 aliphatic heterocycles.